The molecule has 1 aromatic carbocycles. The predicted octanol–water partition coefficient (Wildman–Crippen LogP) is 2.66. The topological polar surface area (TPSA) is 88.2 Å². The van der Waals surface area contributed by atoms with E-state index in [9.17, 15) is 14.4 Å². The number of hydrogen-bond donors (Lipinski definition) is 1. The number of carbonyl (C=O) groups is 3. The largest absolute Gasteiger partial charge is 0.465 e. The van der Waals surface area contributed by atoms with Gasteiger partial charge in [0.1, 0.15) is 18.2 Å². The van der Waals surface area contributed by atoms with E-state index in [1.165, 1.54) is 5.01 Å². The second-order valence-electron chi connectivity index (χ2n) is 9.27. The monoisotopic (exact) mass is 493 g/mol. The maximum atomic E-state index is 13.5. The molecule has 1 aliphatic heterocycles. The predicted molar refractivity (Wildman–Crippen MR) is 134 cm³/mol. The van der Waals surface area contributed by atoms with Gasteiger partial charge in [-0.05, 0) is 53.0 Å². The van der Waals surface area contributed by atoms with E-state index in [1.807, 2.05) is 47.1 Å². The molecular weight excluding hydrogens is 454 g/mol. The number of hydrogen-bond acceptors (Lipinski definition) is 8. The molecule has 1 aromatic rings. The molecule has 34 heavy (non-hydrogen) atoms. The number of benzene rings is 1. The van der Waals surface area contributed by atoms with Gasteiger partial charge in [-0.25, -0.2) is 5.01 Å². The first kappa shape index (κ1) is 28.1. The zero-order chi connectivity index (χ0) is 25.1. The molecule has 8 nitrogen and oxygen atoms in total. The number of hydrazine groups is 1. The first-order chi connectivity index (χ1) is 16.1. The van der Waals surface area contributed by atoms with Gasteiger partial charge in [-0.3, -0.25) is 24.7 Å². The summed E-state index contributed by atoms with van der Waals surface area (Å²) in [5.41, 5.74) is 0.467. The summed E-state index contributed by atoms with van der Waals surface area (Å²) in [5, 5.41) is 6.55. The van der Waals surface area contributed by atoms with Crippen LogP contribution in [0.1, 0.15) is 46.6 Å². The molecule has 1 aliphatic rings. The summed E-state index contributed by atoms with van der Waals surface area (Å²) in [7, 11) is 0. The lowest BCUT2D eigenvalue weighted by Gasteiger charge is -2.38. The van der Waals surface area contributed by atoms with Gasteiger partial charge in [-0.1, -0.05) is 30.3 Å². The zero-order valence-corrected chi connectivity index (χ0v) is 21.9. The highest BCUT2D eigenvalue weighted by Crippen LogP contribution is 2.15. The number of nitrogens with zero attached hydrogens (tertiary/aromatic N) is 2. The number of amides is 1. The molecular formula is C25H39N3O5S. The summed E-state index contributed by atoms with van der Waals surface area (Å²) >= 11 is 1.82. The van der Waals surface area contributed by atoms with Gasteiger partial charge in [0, 0.05) is 24.6 Å². The van der Waals surface area contributed by atoms with Crippen molar-refractivity contribution in [1.29, 1.82) is 0 Å². The molecule has 1 N–H and O–H groups in total. The number of esters is 2. The smallest absolute Gasteiger partial charge is 0.327 e. The van der Waals surface area contributed by atoms with Gasteiger partial charge in [-0.2, -0.15) is 11.8 Å². The lowest BCUT2D eigenvalue weighted by Crippen LogP contribution is -2.58. The van der Waals surface area contributed by atoms with Crippen LogP contribution in [0.5, 0.6) is 0 Å². The Balaban J connectivity index is 2.11. The molecule has 1 saturated heterocycles. The molecule has 0 unspecified atom stereocenters. The number of nitrogens with one attached hydrogen (secondary N) is 1. The van der Waals surface area contributed by atoms with Crippen molar-refractivity contribution < 1.29 is 23.9 Å². The van der Waals surface area contributed by atoms with E-state index < -0.39 is 23.7 Å². The third-order valence-electron chi connectivity index (χ3n) is 5.24. The average Bonchev–Trinajstić information content (AvgIpc) is 2.79. The zero-order valence-electron chi connectivity index (χ0n) is 21.0. The first-order valence-electron chi connectivity index (χ1n) is 11.9. The van der Waals surface area contributed by atoms with Crippen molar-refractivity contribution in [2.75, 3.05) is 37.7 Å². The molecule has 2 atom stereocenters. The lowest BCUT2D eigenvalue weighted by molar-refractivity contribution is -0.170. The van der Waals surface area contributed by atoms with E-state index >= 15 is 0 Å². The Morgan fingerprint density at radius 2 is 1.79 bits per heavy atom. The first-order valence-corrected chi connectivity index (χ1v) is 13.1. The molecule has 1 fully saturated rings. The summed E-state index contributed by atoms with van der Waals surface area (Å²) < 4.78 is 10.7. The minimum Gasteiger partial charge on any atom is -0.465 e. The van der Waals surface area contributed by atoms with Crippen molar-refractivity contribution in [2.45, 2.75) is 65.1 Å². The van der Waals surface area contributed by atoms with Crippen LogP contribution in [0.2, 0.25) is 0 Å². The van der Waals surface area contributed by atoms with E-state index in [0.717, 1.165) is 17.1 Å². The Kier molecular flexibility index (Phi) is 11.3. The summed E-state index contributed by atoms with van der Waals surface area (Å²) in [6.45, 7) is 10.3. The van der Waals surface area contributed by atoms with Gasteiger partial charge in [-0.15, -0.1) is 0 Å². The van der Waals surface area contributed by atoms with Crippen LogP contribution in [0.25, 0.3) is 0 Å². The quantitative estimate of drug-likeness (QED) is 0.471. The third kappa shape index (κ3) is 9.64. The fraction of sp³-hybridized carbons (Fsp3) is 0.640. The lowest BCUT2D eigenvalue weighted by atomic mass is 10.0. The van der Waals surface area contributed by atoms with Crippen molar-refractivity contribution in [3.63, 3.8) is 0 Å². The normalized spacial score (nSPS) is 16.4. The molecule has 9 heteroatoms. The minimum atomic E-state index is -0.692. The molecule has 0 saturated carbocycles. The molecule has 1 heterocycles. The SMILES string of the molecule is CCOC(=O)[C@H](CCc1ccccc1)N[C@@H](C)C(=O)N(CC(=O)OC(C)(C)C)N1CCSCC1. The maximum Gasteiger partial charge on any atom is 0.327 e. The van der Waals surface area contributed by atoms with Gasteiger partial charge in [0.2, 0.25) is 0 Å². The number of ether oxygens (including phenoxy) is 2. The highest BCUT2D eigenvalue weighted by Gasteiger charge is 2.33. The van der Waals surface area contributed by atoms with E-state index in [4.69, 9.17) is 9.47 Å². The van der Waals surface area contributed by atoms with Crippen LogP contribution in [0.3, 0.4) is 0 Å². The average molecular weight is 494 g/mol. The van der Waals surface area contributed by atoms with Crippen LogP contribution in [0.15, 0.2) is 30.3 Å². The Bertz CT molecular complexity index is 793. The summed E-state index contributed by atoms with van der Waals surface area (Å²) in [4.78, 5) is 38.7. The number of rotatable bonds is 11. The molecule has 190 valence electrons. The number of aryl methyl sites for hydroxylation is 1. The highest BCUT2D eigenvalue weighted by atomic mass is 32.2. The van der Waals surface area contributed by atoms with Gasteiger partial charge >= 0.3 is 11.9 Å². The maximum absolute atomic E-state index is 13.5. The molecule has 0 aliphatic carbocycles. The number of thioether (sulfide) groups is 1. The van der Waals surface area contributed by atoms with Crippen LogP contribution < -0.4 is 5.32 Å². The summed E-state index contributed by atoms with van der Waals surface area (Å²) in [5.74, 6) is 0.639. The fourth-order valence-corrected chi connectivity index (χ4v) is 4.56. The Morgan fingerprint density at radius 1 is 1.15 bits per heavy atom. The van der Waals surface area contributed by atoms with Crippen molar-refractivity contribution >= 4 is 29.6 Å². The van der Waals surface area contributed by atoms with Crippen LogP contribution in [-0.2, 0) is 30.3 Å². The second kappa shape index (κ2) is 13.7. The third-order valence-corrected chi connectivity index (χ3v) is 6.18. The van der Waals surface area contributed by atoms with Crippen LogP contribution >= 0.6 is 11.8 Å². The molecule has 0 bridgehead atoms. The van der Waals surface area contributed by atoms with Crippen molar-refractivity contribution in [2.24, 2.45) is 0 Å². The molecule has 1 amide bonds. The van der Waals surface area contributed by atoms with E-state index in [1.54, 1.807) is 34.6 Å². The van der Waals surface area contributed by atoms with Gasteiger partial charge in [0.15, 0.2) is 0 Å². The van der Waals surface area contributed by atoms with E-state index in [2.05, 4.69) is 5.32 Å². The van der Waals surface area contributed by atoms with E-state index in [-0.39, 0.29) is 25.0 Å². The summed E-state index contributed by atoms with van der Waals surface area (Å²) in [6.07, 6.45) is 1.16. The minimum absolute atomic E-state index is 0.166. The van der Waals surface area contributed by atoms with Gasteiger partial charge < -0.3 is 9.47 Å². The molecule has 2 rings (SSSR count). The molecule has 0 aromatic heterocycles. The second-order valence-corrected chi connectivity index (χ2v) is 10.5. The van der Waals surface area contributed by atoms with Crippen molar-refractivity contribution in [3.8, 4) is 0 Å². The standard InChI is InChI=1S/C25H39N3O5S/c1-6-32-24(31)21(13-12-20-10-8-7-9-11-20)26-19(2)23(30)28(27-14-16-34-17-15-27)18-22(29)33-25(3,4)5/h7-11,19,21,26H,6,12-18H2,1-5H3/t19-,21-/m0/s1. The van der Waals surface area contributed by atoms with E-state index in [0.29, 0.717) is 25.9 Å². The van der Waals surface area contributed by atoms with Crippen LogP contribution in [-0.4, -0.2) is 83.3 Å². The van der Waals surface area contributed by atoms with Crippen molar-refractivity contribution in [1.82, 2.24) is 15.3 Å². The highest BCUT2D eigenvalue weighted by molar-refractivity contribution is 7.99. The summed E-state index contributed by atoms with van der Waals surface area (Å²) in [6, 6.07) is 8.55. The van der Waals surface area contributed by atoms with Gasteiger partial charge in [0.25, 0.3) is 5.91 Å². The van der Waals surface area contributed by atoms with Crippen LogP contribution in [0.4, 0.5) is 0 Å². The van der Waals surface area contributed by atoms with Gasteiger partial charge in [0.05, 0.1) is 12.6 Å². The fourth-order valence-electron chi connectivity index (χ4n) is 3.67. The van der Waals surface area contributed by atoms with Crippen molar-refractivity contribution in [3.05, 3.63) is 35.9 Å². The molecule has 0 radical (unpaired) electrons. The Hall–Kier alpha value is -2.10. The van der Waals surface area contributed by atoms with Crippen LogP contribution in [0, 0.1) is 0 Å². The Labute approximate surface area is 207 Å². The Morgan fingerprint density at radius 3 is 2.38 bits per heavy atom. The molecule has 0 spiro atoms. The number of carbonyl (C=O) groups excluding carboxylic acids is 3.